The fraction of sp³-hybridized carbons (Fsp3) is 0.778. The normalized spacial score (nSPS) is 22.3. The van der Waals surface area contributed by atoms with Crippen LogP contribution in [0.4, 0.5) is 0 Å². The van der Waals surface area contributed by atoms with Gasteiger partial charge in [0.2, 0.25) is 11.8 Å². The average Bonchev–Trinajstić information content (AvgIpc) is 2.12. The van der Waals surface area contributed by atoms with Crippen molar-refractivity contribution < 1.29 is 9.59 Å². The van der Waals surface area contributed by atoms with Crippen LogP contribution in [0.25, 0.3) is 0 Å². The smallest absolute Gasteiger partial charge is 0.236 e. The topological polar surface area (TPSA) is 49.4 Å². The Kier molecular flexibility index (Phi) is 4.38. The first-order valence-electron chi connectivity index (χ1n) is 4.78. The number of piperidine rings is 1. The summed E-state index contributed by atoms with van der Waals surface area (Å²) in [5.74, 6) is 0.0893. The van der Waals surface area contributed by atoms with Crippen molar-refractivity contribution in [2.24, 2.45) is 0 Å². The van der Waals surface area contributed by atoms with E-state index in [1.54, 1.807) is 4.90 Å². The Morgan fingerprint density at radius 2 is 2.43 bits per heavy atom. The average molecular weight is 263 g/mol. The number of amides is 2. The molecule has 1 saturated heterocycles. The van der Waals surface area contributed by atoms with Gasteiger partial charge in [-0.25, -0.2) is 0 Å². The summed E-state index contributed by atoms with van der Waals surface area (Å²) >= 11 is 3.34. The highest BCUT2D eigenvalue weighted by molar-refractivity contribution is 9.10. The van der Waals surface area contributed by atoms with Crippen molar-refractivity contribution in [3.8, 4) is 0 Å². The maximum Gasteiger partial charge on any atom is 0.236 e. The number of hydrogen-bond acceptors (Lipinski definition) is 2. The summed E-state index contributed by atoms with van der Waals surface area (Å²) in [7, 11) is 0. The van der Waals surface area contributed by atoms with Gasteiger partial charge in [0, 0.05) is 26.6 Å². The van der Waals surface area contributed by atoms with Crippen LogP contribution in [0.5, 0.6) is 0 Å². The molecule has 0 aromatic carbocycles. The number of carbonyl (C=O) groups excluding carboxylic acids is 2. The van der Waals surface area contributed by atoms with Gasteiger partial charge in [-0.3, -0.25) is 9.59 Å². The van der Waals surface area contributed by atoms with Crippen molar-refractivity contribution in [3.63, 3.8) is 0 Å². The van der Waals surface area contributed by atoms with Gasteiger partial charge in [0.25, 0.3) is 0 Å². The van der Waals surface area contributed by atoms with Crippen molar-refractivity contribution >= 4 is 27.7 Å². The zero-order chi connectivity index (χ0) is 10.6. The third-order valence-corrected chi connectivity index (χ3v) is 3.07. The summed E-state index contributed by atoms with van der Waals surface area (Å²) in [6.45, 7) is 3.44. The Labute approximate surface area is 92.2 Å². The van der Waals surface area contributed by atoms with E-state index in [-0.39, 0.29) is 16.6 Å². The van der Waals surface area contributed by atoms with E-state index in [1.165, 1.54) is 6.92 Å². The molecule has 1 unspecified atom stereocenters. The predicted molar refractivity (Wildman–Crippen MR) is 57.2 cm³/mol. The van der Waals surface area contributed by atoms with Crippen molar-refractivity contribution in [3.05, 3.63) is 0 Å². The highest BCUT2D eigenvalue weighted by atomic mass is 79.9. The molecule has 2 amide bonds. The van der Waals surface area contributed by atoms with Crippen LogP contribution in [0.3, 0.4) is 0 Å². The van der Waals surface area contributed by atoms with E-state index in [9.17, 15) is 9.59 Å². The first-order valence-corrected chi connectivity index (χ1v) is 5.70. The fourth-order valence-corrected chi connectivity index (χ4v) is 2.10. The van der Waals surface area contributed by atoms with Gasteiger partial charge < -0.3 is 10.2 Å². The zero-order valence-electron chi connectivity index (χ0n) is 8.25. The zero-order valence-corrected chi connectivity index (χ0v) is 9.84. The molecule has 0 radical (unpaired) electrons. The third-order valence-electron chi connectivity index (χ3n) is 2.22. The number of hydrogen-bond donors (Lipinski definition) is 1. The van der Waals surface area contributed by atoms with Gasteiger partial charge in [-0.05, 0) is 12.8 Å². The number of nitrogens with one attached hydrogen (secondary N) is 1. The fourth-order valence-electron chi connectivity index (χ4n) is 1.48. The predicted octanol–water partition coefficient (Wildman–Crippen LogP) is 0.508. The largest absolute Gasteiger partial charge is 0.355 e. The van der Waals surface area contributed by atoms with Crippen LogP contribution < -0.4 is 5.32 Å². The summed E-state index contributed by atoms with van der Waals surface area (Å²) in [5.41, 5.74) is 0. The molecule has 1 heterocycles. The van der Waals surface area contributed by atoms with Gasteiger partial charge in [-0.15, -0.1) is 0 Å². The van der Waals surface area contributed by atoms with Gasteiger partial charge in [0.1, 0.15) is 0 Å². The summed E-state index contributed by atoms with van der Waals surface area (Å²) in [5, 5.41) is 2.68. The second kappa shape index (κ2) is 5.34. The van der Waals surface area contributed by atoms with Gasteiger partial charge in [0.15, 0.2) is 0 Å². The molecule has 0 spiro atoms. The minimum Gasteiger partial charge on any atom is -0.355 e. The lowest BCUT2D eigenvalue weighted by molar-refractivity contribution is -0.132. The Bertz CT molecular complexity index is 233. The van der Waals surface area contributed by atoms with Crippen LogP contribution in [-0.4, -0.2) is 41.2 Å². The summed E-state index contributed by atoms with van der Waals surface area (Å²) in [4.78, 5) is 23.9. The lowest BCUT2D eigenvalue weighted by Gasteiger charge is -2.29. The van der Waals surface area contributed by atoms with Crippen LogP contribution in [0.15, 0.2) is 0 Å². The maximum atomic E-state index is 11.6. The second-order valence-corrected chi connectivity index (χ2v) is 4.52. The minimum atomic E-state index is -0.0511. The van der Waals surface area contributed by atoms with Crippen LogP contribution in [-0.2, 0) is 9.59 Å². The molecule has 5 heteroatoms. The highest BCUT2D eigenvalue weighted by Gasteiger charge is 2.25. The molecule has 0 aliphatic carbocycles. The second-order valence-electron chi connectivity index (χ2n) is 3.42. The first-order chi connectivity index (χ1) is 6.61. The molecule has 14 heavy (non-hydrogen) atoms. The summed E-state index contributed by atoms with van der Waals surface area (Å²) in [6, 6.07) is 0. The van der Waals surface area contributed by atoms with E-state index in [1.807, 2.05) is 0 Å². The third kappa shape index (κ3) is 3.29. The molecule has 1 atom stereocenters. The molecule has 1 N–H and O–H groups in total. The van der Waals surface area contributed by atoms with E-state index < -0.39 is 0 Å². The molecule has 0 aromatic heterocycles. The van der Waals surface area contributed by atoms with Gasteiger partial charge in [-0.2, -0.15) is 0 Å². The molecule has 1 fully saturated rings. The van der Waals surface area contributed by atoms with Crippen LogP contribution in [0.2, 0.25) is 0 Å². The van der Waals surface area contributed by atoms with E-state index in [0.717, 1.165) is 19.4 Å². The maximum absolute atomic E-state index is 11.6. The van der Waals surface area contributed by atoms with E-state index >= 15 is 0 Å². The monoisotopic (exact) mass is 262 g/mol. The first kappa shape index (κ1) is 11.5. The molecule has 80 valence electrons. The number of rotatable bonds is 3. The van der Waals surface area contributed by atoms with Gasteiger partial charge >= 0.3 is 0 Å². The molecule has 0 bridgehead atoms. The molecular weight excluding hydrogens is 248 g/mol. The molecular formula is C9H15BrN2O2. The van der Waals surface area contributed by atoms with E-state index in [0.29, 0.717) is 13.1 Å². The molecule has 0 saturated carbocycles. The Morgan fingerprint density at radius 1 is 1.71 bits per heavy atom. The summed E-state index contributed by atoms with van der Waals surface area (Å²) in [6.07, 6.45) is 1.94. The highest BCUT2D eigenvalue weighted by Crippen LogP contribution is 2.17. The van der Waals surface area contributed by atoms with Crippen LogP contribution >= 0.6 is 15.9 Å². The molecule has 4 nitrogen and oxygen atoms in total. The molecule has 1 aliphatic rings. The quantitative estimate of drug-likeness (QED) is 0.754. The SMILES string of the molecule is CC(=O)NCCN1CCCC(Br)C1=O. The Balaban J connectivity index is 2.29. The molecule has 0 aromatic rings. The number of nitrogens with zero attached hydrogens (tertiary/aromatic N) is 1. The standard InChI is InChI=1S/C9H15BrN2O2/c1-7(13)11-4-6-12-5-2-3-8(10)9(12)14/h8H,2-6H2,1H3,(H,11,13). The van der Waals surface area contributed by atoms with Crippen molar-refractivity contribution in [2.45, 2.75) is 24.6 Å². The number of halogens is 1. The lowest BCUT2D eigenvalue weighted by Crippen LogP contribution is -2.45. The number of likely N-dealkylation sites (tertiary alicyclic amines) is 1. The lowest BCUT2D eigenvalue weighted by atomic mass is 10.1. The van der Waals surface area contributed by atoms with Crippen molar-refractivity contribution in [1.82, 2.24) is 10.2 Å². The molecule has 1 rings (SSSR count). The number of alkyl halides is 1. The Hall–Kier alpha value is -0.580. The number of carbonyl (C=O) groups is 2. The van der Waals surface area contributed by atoms with E-state index in [4.69, 9.17) is 0 Å². The molecule has 1 aliphatic heterocycles. The van der Waals surface area contributed by atoms with Crippen molar-refractivity contribution in [1.29, 1.82) is 0 Å². The van der Waals surface area contributed by atoms with Crippen molar-refractivity contribution in [2.75, 3.05) is 19.6 Å². The van der Waals surface area contributed by atoms with Gasteiger partial charge in [0.05, 0.1) is 4.83 Å². The van der Waals surface area contributed by atoms with E-state index in [2.05, 4.69) is 21.2 Å². The summed E-state index contributed by atoms with van der Waals surface area (Å²) < 4.78 is 0. The Morgan fingerprint density at radius 3 is 3.07 bits per heavy atom. The van der Waals surface area contributed by atoms with Crippen LogP contribution in [0.1, 0.15) is 19.8 Å². The minimum absolute atomic E-state index is 0.0337. The van der Waals surface area contributed by atoms with Crippen LogP contribution in [0, 0.1) is 0 Å². The van der Waals surface area contributed by atoms with Gasteiger partial charge in [-0.1, -0.05) is 15.9 Å².